The molecule has 7 nitrogen and oxygen atoms in total. The van der Waals surface area contributed by atoms with Gasteiger partial charge in [-0.1, -0.05) is 49.4 Å². The third kappa shape index (κ3) is 6.63. The second-order valence-corrected chi connectivity index (χ2v) is 10.8. The summed E-state index contributed by atoms with van der Waals surface area (Å²) in [6.07, 6.45) is 4.79. The quantitative estimate of drug-likeness (QED) is 0.302. The lowest BCUT2D eigenvalue weighted by Gasteiger charge is -2.32. The summed E-state index contributed by atoms with van der Waals surface area (Å²) < 4.78 is 15.1. The minimum Gasteiger partial charge on any atom is -0.465 e. The number of carboxylic acid groups (broad SMARTS) is 1. The van der Waals surface area contributed by atoms with Crippen molar-refractivity contribution in [2.45, 2.75) is 64.0 Å². The topological polar surface area (TPSA) is 109 Å². The molecule has 39 heavy (non-hydrogen) atoms. The third-order valence-corrected chi connectivity index (χ3v) is 7.99. The van der Waals surface area contributed by atoms with Gasteiger partial charge >= 0.3 is 6.09 Å². The maximum Gasteiger partial charge on any atom is 0.407 e. The number of rotatable bonds is 8. The molecule has 1 aliphatic rings. The van der Waals surface area contributed by atoms with Crippen LogP contribution in [0.15, 0.2) is 60.8 Å². The summed E-state index contributed by atoms with van der Waals surface area (Å²) in [4.78, 5) is 30.1. The van der Waals surface area contributed by atoms with Crippen molar-refractivity contribution in [3.63, 3.8) is 0 Å². The van der Waals surface area contributed by atoms with Crippen LogP contribution in [0.4, 0.5) is 14.9 Å². The van der Waals surface area contributed by atoms with Gasteiger partial charge in [-0.3, -0.25) is 9.78 Å². The SMILES string of the molecule is CCC(C)(N)c1ccc(-c2ncc(NC(=O)CC3CCC(N(C)C(=O)O)CC3)cc2-c2ccccc2)cc1F. The molecule has 1 aliphatic carbocycles. The number of nitrogens with zero attached hydrogens (tertiary/aromatic N) is 2. The Labute approximate surface area is 229 Å². The van der Waals surface area contributed by atoms with Crippen molar-refractivity contribution >= 4 is 17.7 Å². The van der Waals surface area contributed by atoms with Crippen LogP contribution in [0.1, 0.15) is 57.9 Å². The monoisotopic (exact) mass is 532 g/mol. The van der Waals surface area contributed by atoms with Crippen LogP contribution in [0, 0.1) is 11.7 Å². The molecule has 1 aromatic heterocycles. The van der Waals surface area contributed by atoms with Crippen LogP contribution in [-0.2, 0) is 10.3 Å². The number of pyridine rings is 1. The zero-order chi connectivity index (χ0) is 28.2. The van der Waals surface area contributed by atoms with Gasteiger partial charge in [0.25, 0.3) is 0 Å². The van der Waals surface area contributed by atoms with Gasteiger partial charge in [0.05, 0.1) is 17.6 Å². The lowest BCUT2D eigenvalue weighted by Crippen LogP contribution is -2.38. The summed E-state index contributed by atoms with van der Waals surface area (Å²) in [5, 5.41) is 12.2. The van der Waals surface area contributed by atoms with Gasteiger partial charge in [0.15, 0.2) is 0 Å². The predicted molar refractivity (Wildman–Crippen MR) is 152 cm³/mol. The first-order valence-electron chi connectivity index (χ1n) is 13.5. The molecule has 1 unspecified atom stereocenters. The molecule has 2 aromatic carbocycles. The number of halogens is 1. The number of hydrogen-bond acceptors (Lipinski definition) is 4. The Morgan fingerprint density at radius 2 is 1.79 bits per heavy atom. The summed E-state index contributed by atoms with van der Waals surface area (Å²) in [6.45, 7) is 3.74. The molecule has 3 aromatic rings. The maximum atomic E-state index is 15.1. The first-order chi connectivity index (χ1) is 18.6. The molecule has 8 heteroatoms. The lowest BCUT2D eigenvalue weighted by atomic mass is 9.83. The van der Waals surface area contributed by atoms with Gasteiger partial charge < -0.3 is 21.1 Å². The standard InChI is InChI=1S/C31H37FN4O3/c1-4-31(2,33)26-15-12-22(17-27(26)32)29-25(21-8-6-5-7-9-21)18-23(19-34-29)35-28(37)16-20-10-13-24(14-11-20)36(3)30(38)39/h5-9,12,15,17-20,24H,4,10-11,13-14,16,33H2,1-3H3,(H,35,37)(H,38,39). The summed E-state index contributed by atoms with van der Waals surface area (Å²) in [5.74, 6) is -0.264. The summed E-state index contributed by atoms with van der Waals surface area (Å²) >= 11 is 0. The van der Waals surface area contributed by atoms with Gasteiger partial charge in [0.2, 0.25) is 5.91 Å². The molecule has 1 atom stereocenters. The van der Waals surface area contributed by atoms with E-state index in [1.54, 1.807) is 19.3 Å². The molecule has 0 radical (unpaired) electrons. The molecular weight excluding hydrogens is 495 g/mol. The largest absolute Gasteiger partial charge is 0.465 e. The molecule has 0 spiro atoms. The second-order valence-electron chi connectivity index (χ2n) is 10.8. The fraction of sp³-hybridized carbons (Fsp3) is 0.387. The van der Waals surface area contributed by atoms with Gasteiger partial charge in [-0.25, -0.2) is 9.18 Å². The molecule has 0 aliphatic heterocycles. The van der Waals surface area contributed by atoms with Gasteiger partial charge in [-0.2, -0.15) is 0 Å². The lowest BCUT2D eigenvalue weighted by molar-refractivity contribution is -0.117. The van der Waals surface area contributed by atoms with E-state index in [1.165, 1.54) is 11.0 Å². The smallest absolute Gasteiger partial charge is 0.407 e. The second kappa shape index (κ2) is 11.9. The van der Waals surface area contributed by atoms with E-state index < -0.39 is 11.6 Å². The van der Waals surface area contributed by atoms with Gasteiger partial charge in [-0.05, 0) is 62.6 Å². The van der Waals surface area contributed by atoms with Crippen LogP contribution in [0.2, 0.25) is 0 Å². The van der Waals surface area contributed by atoms with E-state index >= 15 is 4.39 Å². The van der Waals surface area contributed by atoms with E-state index in [0.29, 0.717) is 35.3 Å². The maximum absolute atomic E-state index is 15.1. The Kier molecular flexibility index (Phi) is 8.65. The average Bonchev–Trinajstić information content (AvgIpc) is 2.93. The summed E-state index contributed by atoms with van der Waals surface area (Å²) in [5.41, 5.74) is 9.48. The average molecular weight is 533 g/mol. The van der Waals surface area contributed by atoms with Gasteiger partial charge in [-0.15, -0.1) is 0 Å². The molecule has 0 saturated heterocycles. The highest BCUT2D eigenvalue weighted by atomic mass is 19.1. The Bertz CT molecular complexity index is 1320. The molecule has 206 valence electrons. The van der Waals surface area contributed by atoms with E-state index in [9.17, 15) is 14.7 Å². The zero-order valence-corrected chi connectivity index (χ0v) is 22.8. The van der Waals surface area contributed by atoms with Gasteiger partial charge in [0, 0.05) is 41.7 Å². The van der Waals surface area contributed by atoms with Crippen molar-refractivity contribution in [3.05, 3.63) is 72.2 Å². The fourth-order valence-corrected chi connectivity index (χ4v) is 5.28. The zero-order valence-electron chi connectivity index (χ0n) is 22.8. The third-order valence-electron chi connectivity index (χ3n) is 7.99. The van der Waals surface area contributed by atoms with Crippen molar-refractivity contribution in [1.29, 1.82) is 0 Å². The fourth-order valence-electron chi connectivity index (χ4n) is 5.28. The minimum absolute atomic E-state index is 0.00598. The van der Waals surface area contributed by atoms with Crippen LogP contribution < -0.4 is 11.1 Å². The predicted octanol–water partition coefficient (Wildman–Crippen LogP) is 6.64. The van der Waals surface area contributed by atoms with Gasteiger partial charge in [0.1, 0.15) is 5.82 Å². The summed E-state index contributed by atoms with van der Waals surface area (Å²) in [7, 11) is 1.60. The number of carbonyl (C=O) groups excluding carboxylic acids is 1. The number of carbonyl (C=O) groups is 2. The van der Waals surface area contributed by atoms with Crippen molar-refractivity contribution in [2.24, 2.45) is 11.7 Å². The van der Waals surface area contributed by atoms with E-state index in [4.69, 9.17) is 5.73 Å². The summed E-state index contributed by atoms with van der Waals surface area (Å²) in [6, 6.07) is 16.6. The molecule has 4 rings (SSSR count). The number of anilines is 1. The Balaban J connectivity index is 1.53. The number of nitrogens with two attached hydrogens (primary N) is 1. The number of benzene rings is 2. The Morgan fingerprint density at radius 1 is 1.10 bits per heavy atom. The molecule has 1 heterocycles. The molecule has 4 N–H and O–H groups in total. The number of aromatic nitrogens is 1. The minimum atomic E-state index is -0.918. The molecule has 1 saturated carbocycles. The van der Waals surface area contributed by atoms with E-state index in [-0.39, 0.29) is 23.7 Å². The van der Waals surface area contributed by atoms with Crippen LogP contribution >= 0.6 is 0 Å². The Hall–Kier alpha value is -3.78. The van der Waals surface area contributed by atoms with Crippen LogP contribution in [-0.4, -0.2) is 40.1 Å². The normalized spacial score (nSPS) is 18.7. The molecule has 1 fully saturated rings. The molecule has 2 amide bonds. The van der Waals surface area contributed by atoms with E-state index in [0.717, 1.165) is 36.8 Å². The van der Waals surface area contributed by atoms with E-state index in [2.05, 4.69) is 10.3 Å². The highest BCUT2D eigenvalue weighted by Crippen LogP contribution is 2.35. The number of nitrogens with one attached hydrogen (secondary N) is 1. The van der Waals surface area contributed by atoms with Crippen molar-refractivity contribution in [3.8, 4) is 22.4 Å². The Morgan fingerprint density at radius 3 is 2.41 bits per heavy atom. The number of amides is 2. The highest BCUT2D eigenvalue weighted by Gasteiger charge is 2.28. The van der Waals surface area contributed by atoms with Crippen LogP contribution in [0.25, 0.3) is 22.4 Å². The van der Waals surface area contributed by atoms with Crippen LogP contribution in [0.5, 0.6) is 0 Å². The first-order valence-corrected chi connectivity index (χ1v) is 13.5. The van der Waals surface area contributed by atoms with Crippen molar-refractivity contribution < 1.29 is 19.1 Å². The molecular formula is C31H37FN4O3. The number of hydrogen-bond donors (Lipinski definition) is 3. The van der Waals surface area contributed by atoms with Crippen molar-refractivity contribution in [1.82, 2.24) is 9.88 Å². The van der Waals surface area contributed by atoms with E-state index in [1.807, 2.05) is 56.3 Å². The van der Waals surface area contributed by atoms with Crippen molar-refractivity contribution in [2.75, 3.05) is 12.4 Å². The first kappa shape index (κ1) is 28.2. The highest BCUT2D eigenvalue weighted by molar-refractivity contribution is 5.93. The molecule has 0 bridgehead atoms. The van der Waals surface area contributed by atoms with Crippen LogP contribution in [0.3, 0.4) is 0 Å².